The van der Waals surface area contributed by atoms with Gasteiger partial charge in [-0.15, -0.1) is 0 Å². The summed E-state index contributed by atoms with van der Waals surface area (Å²) < 4.78 is 11.7. The molecule has 0 radical (unpaired) electrons. The highest BCUT2D eigenvalue weighted by atomic mass is 16.5. The molecule has 1 amide bonds. The van der Waals surface area contributed by atoms with Crippen molar-refractivity contribution in [3.05, 3.63) is 64.2 Å². The Kier molecular flexibility index (Phi) is 7.71. The average Bonchev–Trinajstić information content (AvgIpc) is 3.46. The van der Waals surface area contributed by atoms with Gasteiger partial charge >= 0.3 is 0 Å². The maximum absolute atomic E-state index is 13.5. The van der Waals surface area contributed by atoms with E-state index in [1.807, 2.05) is 26.0 Å². The maximum atomic E-state index is 13.5. The highest BCUT2D eigenvalue weighted by Gasteiger charge is 2.33. The van der Waals surface area contributed by atoms with E-state index < -0.39 is 5.60 Å². The van der Waals surface area contributed by atoms with Crippen molar-refractivity contribution in [2.45, 2.75) is 89.5 Å². The number of hydrogen-bond donors (Lipinski definition) is 1. The zero-order chi connectivity index (χ0) is 27.0. The van der Waals surface area contributed by atoms with Crippen LogP contribution in [0.4, 0.5) is 0 Å². The lowest BCUT2D eigenvalue weighted by atomic mass is 9.83. The standard InChI is InChI=1S/C33H44N2O4/c1-33(2,37)27-12-14-34(15-13-27)21-23-5-6-25-19-28(8-7-24(25)18-23)35-16-11-26-20-29(9-10-31(26)32(35)36)39-22-30-4-3-17-38-30/h5-6,9-10,18,20,27-28,30,37H,3-4,7-8,11-17,19,21-22H2,1-2H3/t28-,30-/m0/s1. The van der Waals surface area contributed by atoms with Gasteiger partial charge in [-0.3, -0.25) is 9.69 Å². The van der Waals surface area contributed by atoms with Gasteiger partial charge in [-0.1, -0.05) is 18.2 Å². The molecule has 6 rings (SSSR count). The molecule has 0 saturated carbocycles. The van der Waals surface area contributed by atoms with E-state index in [2.05, 4.69) is 34.1 Å². The zero-order valence-corrected chi connectivity index (χ0v) is 23.7. The number of piperidine rings is 1. The molecule has 6 nitrogen and oxygen atoms in total. The third kappa shape index (κ3) is 6.03. The molecule has 210 valence electrons. The molecule has 2 aromatic carbocycles. The van der Waals surface area contributed by atoms with E-state index in [0.29, 0.717) is 12.5 Å². The number of hydrogen-bond acceptors (Lipinski definition) is 5. The SMILES string of the molecule is CC(C)(O)C1CCN(Cc2ccc3c(c2)CC[C@H](N2CCc4cc(OC[C@@H]5CCCO5)ccc4C2=O)C3)CC1. The number of aliphatic hydroxyl groups is 1. The van der Waals surface area contributed by atoms with Crippen LogP contribution in [0.2, 0.25) is 0 Å². The summed E-state index contributed by atoms with van der Waals surface area (Å²) in [6.45, 7) is 9.17. The van der Waals surface area contributed by atoms with Crippen LogP contribution in [0.3, 0.4) is 0 Å². The molecule has 4 aliphatic rings. The molecule has 0 unspecified atom stereocenters. The summed E-state index contributed by atoms with van der Waals surface area (Å²) in [5.74, 6) is 1.40. The van der Waals surface area contributed by atoms with Crippen LogP contribution in [-0.4, -0.2) is 71.4 Å². The van der Waals surface area contributed by atoms with Crippen molar-refractivity contribution in [2.75, 3.05) is 32.8 Å². The van der Waals surface area contributed by atoms with Gasteiger partial charge in [-0.05, 0) is 125 Å². The van der Waals surface area contributed by atoms with Crippen LogP contribution in [0.5, 0.6) is 5.75 Å². The van der Waals surface area contributed by atoms with Crippen molar-refractivity contribution in [1.29, 1.82) is 0 Å². The Hall–Kier alpha value is -2.41. The van der Waals surface area contributed by atoms with Crippen LogP contribution >= 0.6 is 0 Å². The van der Waals surface area contributed by atoms with Crippen LogP contribution in [0.15, 0.2) is 36.4 Å². The molecule has 2 fully saturated rings. The fraction of sp³-hybridized carbons (Fsp3) is 0.606. The monoisotopic (exact) mass is 532 g/mol. The molecule has 2 aromatic rings. The highest BCUT2D eigenvalue weighted by Crippen LogP contribution is 2.32. The number of aryl methyl sites for hydroxylation is 1. The molecular formula is C33H44N2O4. The van der Waals surface area contributed by atoms with Crippen molar-refractivity contribution in [3.63, 3.8) is 0 Å². The van der Waals surface area contributed by atoms with Crippen molar-refractivity contribution >= 4 is 5.91 Å². The predicted molar refractivity (Wildman–Crippen MR) is 152 cm³/mol. The predicted octanol–water partition coefficient (Wildman–Crippen LogP) is 4.78. The fourth-order valence-corrected chi connectivity index (χ4v) is 7.10. The number of nitrogens with zero attached hydrogens (tertiary/aromatic N) is 2. The van der Waals surface area contributed by atoms with Gasteiger partial charge < -0.3 is 19.5 Å². The van der Waals surface area contributed by atoms with E-state index in [9.17, 15) is 9.90 Å². The van der Waals surface area contributed by atoms with Gasteiger partial charge in [0.1, 0.15) is 12.4 Å². The summed E-state index contributed by atoms with van der Waals surface area (Å²) in [4.78, 5) is 18.2. The fourth-order valence-electron chi connectivity index (χ4n) is 7.10. The summed E-state index contributed by atoms with van der Waals surface area (Å²) in [6.07, 6.45) is 8.37. The number of benzene rings is 2. The molecule has 2 atom stereocenters. The Morgan fingerprint density at radius 3 is 2.59 bits per heavy atom. The van der Waals surface area contributed by atoms with E-state index >= 15 is 0 Å². The van der Waals surface area contributed by atoms with Crippen molar-refractivity contribution in [2.24, 2.45) is 5.92 Å². The van der Waals surface area contributed by atoms with E-state index in [0.717, 1.165) is 101 Å². The Morgan fingerprint density at radius 1 is 0.974 bits per heavy atom. The third-order valence-electron chi connectivity index (χ3n) is 9.56. The highest BCUT2D eigenvalue weighted by molar-refractivity contribution is 5.97. The third-order valence-corrected chi connectivity index (χ3v) is 9.56. The largest absolute Gasteiger partial charge is 0.491 e. The summed E-state index contributed by atoms with van der Waals surface area (Å²) in [5, 5.41) is 10.3. The first-order valence-electron chi connectivity index (χ1n) is 15.1. The molecule has 0 spiro atoms. The van der Waals surface area contributed by atoms with Gasteiger partial charge in [0.25, 0.3) is 5.91 Å². The van der Waals surface area contributed by atoms with Gasteiger partial charge in [-0.25, -0.2) is 0 Å². The second-order valence-corrected chi connectivity index (χ2v) is 12.7. The van der Waals surface area contributed by atoms with Gasteiger partial charge in [0.2, 0.25) is 0 Å². The van der Waals surface area contributed by atoms with Gasteiger partial charge in [0, 0.05) is 31.3 Å². The lowest BCUT2D eigenvalue weighted by Gasteiger charge is -2.39. The number of fused-ring (bicyclic) bond motifs is 2. The van der Waals surface area contributed by atoms with Crippen LogP contribution in [-0.2, 0) is 30.5 Å². The molecule has 0 bridgehead atoms. The normalized spacial score (nSPS) is 24.5. The molecular weight excluding hydrogens is 488 g/mol. The molecule has 3 heterocycles. The second-order valence-electron chi connectivity index (χ2n) is 12.7. The smallest absolute Gasteiger partial charge is 0.254 e. The van der Waals surface area contributed by atoms with Gasteiger partial charge in [-0.2, -0.15) is 0 Å². The lowest BCUT2D eigenvalue weighted by molar-refractivity contribution is -0.0136. The molecule has 39 heavy (non-hydrogen) atoms. The molecule has 3 aliphatic heterocycles. The molecule has 0 aromatic heterocycles. The number of carbonyl (C=O) groups is 1. The number of ether oxygens (including phenoxy) is 2. The molecule has 1 aliphatic carbocycles. The Balaban J connectivity index is 1.05. The van der Waals surface area contributed by atoms with Crippen LogP contribution < -0.4 is 4.74 Å². The molecule has 6 heteroatoms. The Morgan fingerprint density at radius 2 is 1.82 bits per heavy atom. The lowest BCUT2D eigenvalue weighted by Crippen LogP contribution is -2.47. The van der Waals surface area contributed by atoms with Crippen LogP contribution in [0.25, 0.3) is 0 Å². The summed E-state index contributed by atoms with van der Waals surface area (Å²) in [7, 11) is 0. The molecule has 1 N–H and O–H groups in total. The maximum Gasteiger partial charge on any atom is 0.254 e. The Bertz CT molecular complexity index is 1170. The number of amides is 1. The van der Waals surface area contributed by atoms with Crippen molar-refractivity contribution in [3.8, 4) is 5.75 Å². The summed E-state index contributed by atoms with van der Waals surface area (Å²) in [6, 6.07) is 13.2. The number of likely N-dealkylation sites (tertiary alicyclic amines) is 1. The van der Waals surface area contributed by atoms with Gasteiger partial charge in [0.15, 0.2) is 0 Å². The number of rotatable bonds is 7. The first-order chi connectivity index (χ1) is 18.8. The molecule has 2 saturated heterocycles. The Labute approximate surface area is 233 Å². The summed E-state index contributed by atoms with van der Waals surface area (Å²) >= 11 is 0. The van der Waals surface area contributed by atoms with E-state index in [1.165, 1.54) is 16.7 Å². The average molecular weight is 533 g/mol. The second kappa shape index (κ2) is 11.2. The van der Waals surface area contributed by atoms with Crippen molar-refractivity contribution in [1.82, 2.24) is 9.80 Å². The summed E-state index contributed by atoms with van der Waals surface area (Å²) in [5.41, 5.74) is 5.59. The van der Waals surface area contributed by atoms with E-state index in [4.69, 9.17) is 9.47 Å². The minimum absolute atomic E-state index is 0.168. The quantitative estimate of drug-likeness (QED) is 0.556. The topological polar surface area (TPSA) is 62.2 Å². The number of carbonyl (C=O) groups excluding carboxylic acids is 1. The zero-order valence-electron chi connectivity index (χ0n) is 23.7. The minimum Gasteiger partial charge on any atom is -0.491 e. The van der Waals surface area contributed by atoms with E-state index in [1.54, 1.807) is 0 Å². The first-order valence-corrected chi connectivity index (χ1v) is 15.1. The first kappa shape index (κ1) is 26.8. The van der Waals surface area contributed by atoms with Crippen molar-refractivity contribution < 1.29 is 19.4 Å². The minimum atomic E-state index is -0.575. The van der Waals surface area contributed by atoms with Crippen LogP contribution in [0.1, 0.15) is 78.6 Å². The van der Waals surface area contributed by atoms with Gasteiger partial charge in [0.05, 0.1) is 11.7 Å². The van der Waals surface area contributed by atoms with Crippen LogP contribution in [0, 0.1) is 5.92 Å². The van der Waals surface area contributed by atoms with E-state index in [-0.39, 0.29) is 18.1 Å².